The number of hydrogen-bond donors (Lipinski definition) is 0. The third-order valence-corrected chi connectivity index (χ3v) is 2.58. The summed E-state index contributed by atoms with van der Waals surface area (Å²) < 4.78 is 0. The van der Waals surface area contributed by atoms with E-state index in [2.05, 4.69) is 33.3 Å². The van der Waals surface area contributed by atoms with Gasteiger partial charge >= 0.3 is 0 Å². The monoisotopic (exact) mass is 205 g/mol. The molecule has 50 valence electrons. The Bertz CT molecular complexity index is 162. The zero-order chi connectivity index (χ0) is 6.69. The van der Waals surface area contributed by atoms with Crippen LogP contribution in [-0.2, 0) is 0 Å². The first-order valence-corrected chi connectivity index (χ1v) is 4.90. The number of alkyl halides is 1. The molecule has 1 aliphatic rings. The summed E-state index contributed by atoms with van der Waals surface area (Å²) in [6.07, 6.45) is 0. The second-order valence-corrected chi connectivity index (χ2v) is 3.32. The number of halogens is 1. The number of hydrogen-bond acceptors (Lipinski definition) is 2. The van der Waals surface area contributed by atoms with E-state index >= 15 is 0 Å². The van der Waals surface area contributed by atoms with Crippen molar-refractivity contribution >= 4 is 33.4 Å². The van der Waals surface area contributed by atoms with Gasteiger partial charge in [-0.25, -0.2) is 0 Å². The van der Waals surface area contributed by atoms with Crippen molar-refractivity contribution < 1.29 is 0 Å². The summed E-state index contributed by atoms with van der Waals surface area (Å²) in [5, 5.41) is 2.97. The standard InChI is InChI=1S/C6H8BrNS/c1-5-3-9-4-6(2-7)8-5/h4H,2-3H2,1H3. The SMILES string of the molecule is CC1=NC(CBr)=CSC1. The normalized spacial score (nSPS) is 18.9. The molecule has 0 aromatic heterocycles. The maximum atomic E-state index is 4.31. The van der Waals surface area contributed by atoms with Crippen LogP contribution in [0.2, 0.25) is 0 Å². The highest BCUT2D eigenvalue weighted by atomic mass is 79.9. The summed E-state index contributed by atoms with van der Waals surface area (Å²) in [7, 11) is 0. The maximum absolute atomic E-state index is 4.31. The molecule has 0 N–H and O–H groups in total. The van der Waals surface area contributed by atoms with Crippen molar-refractivity contribution in [3.05, 3.63) is 11.1 Å². The summed E-state index contributed by atoms with van der Waals surface area (Å²) in [5.41, 5.74) is 2.36. The van der Waals surface area contributed by atoms with Crippen molar-refractivity contribution in [1.29, 1.82) is 0 Å². The van der Waals surface area contributed by atoms with Gasteiger partial charge in [0.15, 0.2) is 0 Å². The van der Waals surface area contributed by atoms with Gasteiger partial charge in [-0.1, -0.05) is 15.9 Å². The van der Waals surface area contributed by atoms with Crippen LogP contribution in [0.3, 0.4) is 0 Å². The van der Waals surface area contributed by atoms with E-state index in [-0.39, 0.29) is 0 Å². The number of thioether (sulfide) groups is 1. The molecule has 0 saturated heterocycles. The van der Waals surface area contributed by atoms with Gasteiger partial charge in [0.25, 0.3) is 0 Å². The summed E-state index contributed by atoms with van der Waals surface area (Å²) in [5.74, 6) is 1.05. The van der Waals surface area contributed by atoms with E-state index in [0.717, 1.165) is 16.8 Å². The molecule has 0 aliphatic carbocycles. The minimum Gasteiger partial charge on any atom is -0.260 e. The number of allylic oxidation sites excluding steroid dienone is 1. The molecule has 1 aliphatic heterocycles. The quantitative estimate of drug-likeness (QED) is 0.600. The Morgan fingerprint density at radius 3 is 3.11 bits per heavy atom. The zero-order valence-electron chi connectivity index (χ0n) is 5.22. The van der Waals surface area contributed by atoms with Crippen LogP contribution in [0.4, 0.5) is 0 Å². The molecule has 0 spiro atoms. The van der Waals surface area contributed by atoms with Gasteiger partial charge in [-0.05, 0) is 12.3 Å². The van der Waals surface area contributed by atoms with Crippen molar-refractivity contribution in [3.63, 3.8) is 0 Å². The van der Waals surface area contributed by atoms with Crippen molar-refractivity contribution in [1.82, 2.24) is 0 Å². The lowest BCUT2D eigenvalue weighted by Gasteiger charge is -2.05. The van der Waals surface area contributed by atoms with Crippen LogP contribution in [0.15, 0.2) is 16.1 Å². The number of aliphatic imine (C=N–C) groups is 1. The minimum atomic E-state index is 0.872. The van der Waals surface area contributed by atoms with Crippen molar-refractivity contribution in [3.8, 4) is 0 Å². The maximum Gasteiger partial charge on any atom is 0.0571 e. The molecule has 1 heterocycles. The molecule has 0 aromatic carbocycles. The molecule has 0 saturated carbocycles. The molecular weight excluding hydrogens is 198 g/mol. The molecule has 0 radical (unpaired) electrons. The third-order valence-electron chi connectivity index (χ3n) is 0.983. The Kier molecular flexibility index (Phi) is 2.79. The lowest BCUT2D eigenvalue weighted by Crippen LogP contribution is -2.00. The Morgan fingerprint density at radius 1 is 1.89 bits per heavy atom. The van der Waals surface area contributed by atoms with E-state index in [1.54, 1.807) is 0 Å². The molecular formula is C6H8BrNS. The molecule has 0 bridgehead atoms. The molecule has 0 atom stereocenters. The number of rotatable bonds is 1. The summed E-state index contributed by atoms with van der Waals surface area (Å²) in [4.78, 5) is 4.31. The van der Waals surface area contributed by atoms with E-state index in [0.29, 0.717) is 0 Å². The van der Waals surface area contributed by atoms with Crippen LogP contribution in [0.5, 0.6) is 0 Å². The first-order chi connectivity index (χ1) is 4.33. The van der Waals surface area contributed by atoms with Gasteiger partial charge < -0.3 is 0 Å². The lowest BCUT2D eigenvalue weighted by molar-refractivity contribution is 1.32. The van der Waals surface area contributed by atoms with Gasteiger partial charge in [-0.2, -0.15) is 0 Å². The minimum absolute atomic E-state index is 0.872. The highest BCUT2D eigenvalue weighted by molar-refractivity contribution is 9.09. The van der Waals surface area contributed by atoms with Crippen molar-refractivity contribution in [2.45, 2.75) is 6.92 Å². The van der Waals surface area contributed by atoms with Crippen LogP contribution in [0.25, 0.3) is 0 Å². The predicted molar refractivity (Wildman–Crippen MR) is 47.4 cm³/mol. The Morgan fingerprint density at radius 2 is 2.67 bits per heavy atom. The van der Waals surface area contributed by atoms with Crippen LogP contribution in [-0.4, -0.2) is 16.8 Å². The van der Waals surface area contributed by atoms with Crippen LogP contribution < -0.4 is 0 Å². The smallest absolute Gasteiger partial charge is 0.0571 e. The second-order valence-electron chi connectivity index (χ2n) is 1.90. The molecule has 9 heavy (non-hydrogen) atoms. The fourth-order valence-electron chi connectivity index (χ4n) is 0.624. The topological polar surface area (TPSA) is 12.4 Å². The largest absolute Gasteiger partial charge is 0.260 e. The van der Waals surface area contributed by atoms with E-state index in [4.69, 9.17) is 0 Å². The van der Waals surface area contributed by atoms with Gasteiger partial charge in [0.05, 0.1) is 5.70 Å². The van der Waals surface area contributed by atoms with E-state index in [1.165, 1.54) is 5.71 Å². The van der Waals surface area contributed by atoms with E-state index in [1.807, 2.05) is 11.8 Å². The Balaban J connectivity index is 2.63. The van der Waals surface area contributed by atoms with E-state index in [9.17, 15) is 0 Å². The van der Waals surface area contributed by atoms with Crippen LogP contribution >= 0.6 is 27.7 Å². The average Bonchev–Trinajstić information content (AvgIpc) is 1.88. The van der Waals surface area contributed by atoms with Crippen molar-refractivity contribution in [2.24, 2.45) is 4.99 Å². The average molecular weight is 206 g/mol. The van der Waals surface area contributed by atoms with Gasteiger partial charge in [0, 0.05) is 16.8 Å². The summed E-state index contributed by atoms with van der Waals surface area (Å²) >= 11 is 5.16. The molecule has 0 aromatic rings. The summed E-state index contributed by atoms with van der Waals surface area (Å²) in [6.45, 7) is 2.06. The highest BCUT2D eigenvalue weighted by Crippen LogP contribution is 2.16. The Hall–Kier alpha value is 0.240. The fourth-order valence-corrected chi connectivity index (χ4v) is 1.84. The molecule has 1 nitrogen and oxygen atoms in total. The first kappa shape index (κ1) is 7.35. The van der Waals surface area contributed by atoms with Gasteiger partial charge in [-0.15, -0.1) is 11.8 Å². The molecule has 3 heteroatoms. The second kappa shape index (κ2) is 3.42. The van der Waals surface area contributed by atoms with Crippen LogP contribution in [0, 0.1) is 0 Å². The van der Waals surface area contributed by atoms with Crippen LogP contribution in [0.1, 0.15) is 6.92 Å². The number of nitrogens with zero attached hydrogens (tertiary/aromatic N) is 1. The molecule has 0 amide bonds. The fraction of sp³-hybridized carbons (Fsp3) is 0.500. The van der Waals surface area contributed by atoms with Gasteiger partial charge in [0.2, 0.25) is 0 Å². The summed E-state index contributed by atoms with van der Waals surface area (Å²) in [6, 6.07) is 0. The first-order valence-electron chi connectivity index (χ1n) is 2.73. The Labute approximate surface area is 67.8 Å². The third kappa shape index (κ3) is 2.14. The van der Waals surface area contributed by atoms with Crippen molar-refractivity contribution in [2.75, 3.05) is 11.1 Å². The van der Waals surface area contributed by atoms with Gasteiger partial charge in [0.1, 0.15) is 0 Å². The molecule has 0 fully saturated rings. The molecule has 0 unspecified atom stereocenters. The molecule has 1 rings (SSSR count). The predicted octanol–water partition coefficient (Wildman–Crippen LogP) is 2.43. The van der Waals surface area contributed by atoms with Gasteiger partial charge in [-0.3, -0.25) is 4.99 Å². The van der Waals surface area contributed by atoms with E-state index < -0.39 is 0 Å². The zero-order valence-corrected chi connectivity index (χ0v) is 7.63. The highest BCUT2D eigenvalue weighted by Gasteiger charge is 2.00. The lowest BCUT2D eigenvalue weighted by atomic mass is 10.4.